The Morgan fingerprint density at radius 1 is 1.18 bits per heavy atom. The zero-order valence-corrected chi connectivity index (χ0v) is 19.4. The summed E-state index contributed by atoms with van der Waals surface area (Å²) in [5, 5.41) is 0.669. The van der Waals surface area contributed by atoms with E-state index in [2.05, 4.69) is 9.97 Å². The molecule has 2 aliphatic rings. The van der Waals surface area contributed by atoms with Gasteiger partial charge in [-0.05, 0) is 18.2 Å². The second-order valence-electron chi connectivity index (χ2n) is 8.43. The highest BCUT2D eigenvalue weighted by Gasteiger charge is 2.59. The molecular weight excluding hydrogens is 468 g/mol. The topological polar surface area (TPSA) is 71.3 Å². The molecule has 3 aromatic rings. The first-order valence-corrected chi connectivity index (χ1v) is 11.2. The van der Waals surface area contributed by atoms with Gasteiger partial charge in [0.15, 0.2) is 5.82 Å². The summed E-state index contributed by atoms with van der Waals surface area (Å²) in [5.74, 6) is 0.194. The molecule has 1 aliphatic heterocycles. The van der Waals surface area contributed by atoms with Crippen LogP contribution in [-0.4, -0.2) is 51.5 Å². The predicted molar refractivity (Wildman–Crippen MR) is 124 cm³/mol. The van der Waals surface area contributed by atoms with Crippen molar-refractivity contribution in [1.82, 2.24) is 19.4 Å². The number of fused-ring (bicyclic) bond motifs is 1. The molecule has 1 aliphatic carbocycles. The van der Waals surface area contributed by atoms with Crippen molar-refractivity contribution in [2.24, 2.45) is 18.9 Å². The monoisotopic (exact) mass is 487 g/mol. The molecule has 1 saturated heterocycles. The summed E-state index contributed by atoms with van der Waals surface area (Å²) >= 11 is 12.4. The second kappa shape index (κ2) is 8.11. The molecule has 0 radical (unpaired) electrons. The Kier molecular flexibility index (Phi) is 5.37. The number of hydrogen-bond donors (Lipinski definition) is 0. The summed E-state index contributed by atoms with van der Waals surface area (Å²) in [7, 11) is 3.51. The predicted octanol–water partition coefficient (Wildman–Crippen LogP) is 3.50. The molecule has 0 N–H and O–H groups in total. The molecule has 1 saturated carbocycles. The molecular formula is C23H20Cl2FN5O2. The van der Waals surface area contributed by atoms with Crippen LogP contribution in [0.4, 0.5) is 10.3 Å². The Balaban J connectivity index is 1.36. The quantitative estimate of drug-likeness (QED) is 0.563. The normalized spacial score (nSPS) is 21.1. The molecule has 2 aromatic heterocycles. The highest BCUT2D eigenvalue weighted by molar-refractivity contribution is 6.39. The number of pyridine rings is 1. The van der Waals surface area contributed by atoms with E-state index in [9.17, 15) is 14.0 Å². The number of anilines is 1. The Morgan fingerprint density at radius 2 is 1.85 bits per heavy atom. The van der Waals surface area contributed by atoms with E-state index >= 15 is 0 Å². The van der Waals surface area contributed by atoms with Crippen molar-refractivity contribution in [3.05, 3.63) is 74.5 Å². The Hall–Kier alpha value is -2.97. The summed E-state index contributed by atoms with van der Waals surface area (Å²) in [5.41, 5.74) is 0.523. The average molecular weight is 488 g/mol. The Labute approximate surface area is 199 Å². The molecule has 2 fully saturated rings. The molecule has 3 atom stereocenters. The van der Waals surface area contributed by atoms with Gasteiger partial charge >= 0.3 is 0 Å². The van der Waals surface area contributed by atoms with Crippen molar-refractivity contribution < 1.29 is 9.18 Å². The van der Waals surface area contributed by atoms with Crippen LogP contribution in [0, 0.1) is 17.7 Å². The first-order chi connectivity index (χ1) is 15.8. The van der Waals surface area contributed by atoms with Gasteiger partial charge in [-0.1, -0.05) is 29.3 Å². The Bertz CT molecular complexity index is 1300. The number of amides is 1. The lowest BCUT2D eigenvalue weighted by Gasteiger charge is -2.26. The summed E-state index contributed by atoms with van der Waals surface area (Å²) in [6.45, 7) is 1.12. The van der Waals surface area contributed by atoms with Gasteiger partial charge in [0.2, 0.25) is 5.95 Å². The van der Waals surface area contributed by atoms with Crippen molar-refractivity contribution in [3.63, 3.8) is 0 Å². The van der Waals surface area contributed by atoms with Crippen LogP contribution >= 0.6 is 23.2 Å². The number of aromatic nitrogens is 3. The van der Waals surface area contributed by atoms with Gasteiger partial charge in [-0.15, -0.1) is 0 Å². The smallest absolute Gasteiger partial charge is 0.256 e. The summed E-state index contributed by atoms with van der Waals surface area (Å²) in [4.78, 5) is 37.6. The third-order valence-corrected chi connectivity index (χ3v) is 7.16. The molecule has 33 heavy (non-hydrogen) atoms. The van der Waals surface area contributed by atoms with Crippen LogP contribution in [0.25, 0.3) is 11.3 Å². The molecule has 1 aromatic carbocycles. The van der Waals surface area contributed by atoms with E-state index in [1.165, 1.54) is 22.9 Å². The summed E-state index contributed by atoms with van der Waals surface area (Å²) in [6.07, 6.45) is 2.56. The van der Waals surface area contributed by atoms with E-state index < -0.39 is 5.82 Å². The van der Waals surface area contributed by atoms with Crippen molar-refractivity contribution in [3.8, 4) is 11.3 Å². The van der Waals surface area contributed by atoms with Gasteiger partial charge in [-0.25, -0.2) is 9.37 Å². The zero-order valence-electron chi connectivity index (χ0n) is 17.9. The van der Waals surface area contributed by atoms with Crippen LogP contribution in [0.5, 0.6) is 0 Å². The minimum atomic E-state index is -0.539. The lowest BCUT2D eigenvalue weighted by molar-refractivity contribution is 0.0773. The highest BCUT2D eigenvalue weighted by Crippen LogP contribution is 2.50. The van der Waals surface area contributed by atoms with E-state index in [0.29, 0.717) is 34.6 Å². The third kappa shape index (κ3) is 3.67. The summed E-state index contributed by atoms with van der Waals surface area (Å²) in [6, 6.07) is 7.94. The number of carbonyl (C=O) groups is 1. The number of hydrogen-bond acceptors (Lipinski definition) is 5. The number of rotatable bonds is 4. The van der Waals surface area contributed by atoms with E-state index in [4.69, 9.17) is 23.2 Å². The van der Waals surface area contributed by atoms with E-state index in [0.717, 1.165) is 6.20 Å². The minimum absolute atomic E-state index is 0.117. The fraction of sp³-hybridized carbons (Fsp3) is 0.304. The van der Waals surface area contributed by atoms with Crippen LogP contribution in [0.15, 0.2) is 47.5 Å². The van der Waals surface area contributed by atoms with Crippen LogP contribution in [0.3, 0.4) is 0 Å². The minimum Gasteiger partial charge on any atom is -0.342 e. The fourth-order valence-corrected chi connectivity index (χ4v) is 5.35. The molecule has 7 nitrogen and oxygen atoms in total. The lowest BCUT2D eigenvalue weighted by atomic mass is 10.2. The SMILES string of the molecule is CN(c1nc(-c2ccncc2F)cc(=O)n1C)[C@H]1[C@@H]2CN(C(=O)c3c(Cl)cccc3Cl)C[C@@H]21. The number of benzene rings is 1. The lowest BCUT2D eigenvalue weighted by Crippen LogP contribution is -2.38. The van der Waals surface area contributed by atoms with Gasteiger partial charge < -0.3 is 9.80 Å². The third-order valence-electron chi connectivity index (χ3n) is 6.53. The average Bonchev–Trinajstić information content (AvgIpc) is 3.28. The number of halogens is 3. The number of likely N-dealkylation sites (tertiary alicyclic amines) is 1. The zero-order chi connectivity index (χ0) is 23.4. The second-order valence-corrected chi connectivity index (χ2v) is 9.24. The molecule has 0 unspecified atom stereocenters. The van der Waals surface area contributed by atoms with Crippen molar-refractivity contribution >= 4 is 35.1 Å². The van der Waals surface area contributed by atoms with Gasteiger partial charge in [-0.3, -0.25) is 19.1 Å². The highest BCUT2D eigenvalue weighted by atomic mass is 35.5. The van der Waals surface area contributed by atoms with Crippen molar-refractivity contribution in [2.45, 2.75) is 6.04 Å². The fourth-order valence-electron chi connectivity index (χ4n) is 4.79. The van der Waals surface area contributed by atoms with Crippen LogP contribution in [-0.2, 0) is 7.05 Å². The first-order valence-electron chi connectivity index (χ1n) is 10.4. The van der Waals surface area contributed by atoms with Gasteiger partial charge in [0.1, 0.15) is 0 Å². The maximum atomic E-state index is 14.2. The molecule has 1 amide bonds. The molecule has 10 heteroatoms. The van der Waals surface area contributed by atoms with Crippen LogP contribution in [0.1, 0.15) is 10.4 Å². The van der Waals surface area contributed by atoms with Crippen LogP contribution in [0.2, 0.25) is 10.0 Å². The standard InChI is InChI=1S/C23H20Cl2FN5O2/c1-29-19(32)8-18(12-6-7-27-9-17(12)26)28-23(29)30(2)21-13-10-31(11-14(13)21)22(33)20-15(24)4-3-5-16(20)25/h3-9,13-14,21H,10-11H2,1-2H3/t13-,14+,21+. The van der Waals surface area contributed by atoms with Gasteiger partial charge in [0, 0.05) is 62.9 Å². The maximum absolute atomic E-state index is 14.2. The number of nitrogens with zero attached hydrogens (tertiary/aromatic N) is 5. The van der Waals surface area contributed by atoms with Crippen LogP contribution < -0.4 is 10.5 Å². The molecule has 3 heterocycles. The maximum Gasteiger partial charge on any atom is 0.256 e. The van der Waals surface area contributed by atoms with E-state index in [-0.39, 0.29) is 40.6 Å². The number of carbonyl (C=O) groups excluding carboxylic acids is 1. The van der Waals surface area contributed by atoms with Gasteiger partial charge in [0.25, 0.3) is 11.5 Å². The van der Waals surface area contributed by atoms with Gasteiger partial charge in [0.05, 0.1) is 27.5 Å². The van der Waals surface area contributed by atoms with Crippen molar-refractivity contribution in [2.75, 3.05) is 25.0 Å². The molecule has 0 spiro atoms. The number of piperidine rings is 1. The molecule has 5 rings (SSSR count). The van der Waals surface area contributed by atoms with E-state index in [1.54, 1.807) is 30.1 Å². The van der Waals surface area contributed by atoms with E-state index in [1.807, 2.05) is 11.9 Å². The van der Waals surface area contributed by atoms with Crippen molar-refractivity contribution in [1.29, 1.82) is 0 Å². The molecule has 0 bridgehead atoms. The Morgan fingerprint density at radius 3 is 2.48 bits per heavy atom. The summed E-state index contributed by atoms with van der Waals surface area (Å²) < 4.78 is 15.7. The first kappa shape index (κ1) is 21.9. The van der Waals surface area contributed by atoms with Gasteiger partial charge in [-0.2, -0.15) is 0 Å². The largest absolute Gasteiger partial charge is 0.342 e. The molecule has 170 valence electrons.